The number of rotatable bonds is 5. The zero-order chi connectivity index (χ0) is 23.6. The number of carbonyl (C=O) groups is 1. The predicted octanol–water partition coefficient (Wildman–Crippen LogP) is 4.45. The first-order valence-corrected chi connectivity index (χ1v) is 11.2. The van der Waals surface area contributed by atoms with E-state index < -0.39 is 17.6 Å². The fraction of sp³-hybridized carbons (Fsp3) is 0.304. The Morgan fingerprint density at radius 1 is 0.939 bits per heavy atom. The highest BCUT2D eigenvalue weighted by Crippen LogP contribution is 2.40. The van der Waals surface area contributed by atoms with Gasteiger partial charge in [-0.2, -0.15) is 17.6 Å². The summed E-state index contributed by atoms with van der Waals surface area (Å²) in [5, 5.41) is 10.9. The third kappa shape index (κ3) is 5.07. The van der Waals surface area contributed by atoms with Gasteiger partial charge in [0.25, 0.3) is 5.91 Å². The highest BCUT2D eigenvalue weighted by molar-refractivity contribution is 7.07. The molecule has 1 unspecified atom stereocenters. The Morgan fingerprint density at radius 3 is 2.03 bits per heavy atom. The Balaban J connectivity index is 1.34. The minimum atomic E-state index is -5.41. The summed E-state index contributed by atoms with van der Waals surface area (Å²) in [7, 11) is 0. The monoisotopic (exact) mass is 479 g/mol. The number of aliphatic hydroxyl groups is 1. The van der Waals surface area contributed by atoms with Crippen LogP contribution in [0, 0.1) is 0 Å². The van der Waals surface area contributed by atoms with E-state index in [2.05, 4.69) is 9.88 Å². The molecule has 174 valence electrons. The van der Waals surface area contributed by atoms with E-state index in [-0.39, 0.29) is 5.91 Å². The number of piperazine rings is 1. The average Bonchev–Trinajstić information content (AvgIpc) is 3.34. The first kappa shape index (κ1) is 23.3. The van der Waals surface area contributed by atoms with Crippen LogP contribution in [0.1, 0.15) is 21.6 Å². The third-order valence-corrected chi connectivity index (χ3v) is 6.23. The van der Waals surface area contributed by atoms with E-state index in [0.717, 1.165) is 36.3 Å². The number of hydrogen-bond acceptors (Lipinski definition) is 5. The SMILES string of the molecule is O=C(c1cscn1)N1CCN(Cc2ccc(-c3ccc(C(O)(F)C(F)(F)F)cc3)cc2)CC1. The Bertz CT molecular complexity index is 1080. The molecule has 1 N–H and O–H groups in total. The fourth-order valence-electron chi connectivity index (χ4n) is 3.70. The van der Waals surface area contributed by atoms with Crippen molar-refractivity contribution < 1.29 is 27.5 Å². The molecule has 1 atom stereocenters. The quantitative estimate of drug-likeness (QED) is 0.550. The Labute approximate surface area is 191 Å². The van der Waals surface area contributed by atoms with Crippen LogP contribution in [-0.4, -0.2) is 58.2 Å². The van der Waals surface area contributed by atoms with E-state index in [9.17, 15) is 22.4 Å². The number of hydrogen-bond donors (Lipinski definition) is 1. The summed E-state index contributed by atoms with van der Waals surface area (Å²) in [5.74, 6) is -4.43. The molecular weight excluding hydrogens is 458 g/mol. The fourth-order valence-corrected chi connectivity index (χ4v) is 4.22. The molecule has 0 saturated carbocycles. The first-order chi connectivity index (χ1) is 15.6. The lowest BCUT2D eigenvalue weighted by atomic mass is 9.99. The van der Waals surface area contributed by atoms with Crippen LogP contribution < -0.4 is 0 Å². The van der Waals surface area contributed by atoms with Crippen molar-refractivity contribution in [2.45, 2.75) is 18.6 Å². The van der Waals surface area contributed by atoms with Gasteiger partial charge in [-0.3, -0.25) is 9.69 Å². The van der Waals surface area contributed by atoms with E-state index >= 15 is 0 Å². The maximum absolute atomic E-state index is 13.7. The highest BCUT2D eigenvalue weighted by atomic mass is 32.1. The summed E-state index contributed by atoms with van der Waals surface area (Å²) < 4.78 is 51.6. The number of alkyl halides is 4. The second-order valence-electron chi connectivity index (χ2n) is 7.84. The van der Waals surface area contributed by atoms with Crippen molar-refractivity contribution in [3.63, 3.8) is 0 Å². The number of aromatic nitrogens is 1. The molecule has 0 aliphatic carbocycles. The summed E-state index contributed by atoms with van der Waals surface area (Å²) in [6, 6.07) is 12.1. The summed E-state index contributed by atoms with van der Waals surface area (Å²) in [5.41, 5.74) is 3.69. The maximum Gasteiger partial charge on any atom is 0.453 e. The maximum atomic E-state index is 13.7. The van der Waals surface area contributed by atoms with E-state index in [1.54, 1.807) is 15.8 Å². The smallest absolute Gasteiger partial charge is 0.351 e. The second kappa shape index (κ2) is 9.20. The van der Waals surface area contributed by atoms with Crippen LogP contribution >= 0.6 is 11.3 Å². The van der Waals surface area contributed by atoms with Gasteiger partial charge in [0, 0.05) is 43.7 Å². The summed E-state index contributed by atoms with van der Waals surface area (Å²) in [6.07, 6.45) is -5.41. The minimum absolute atomic E-state index is 0.0484. The minimum Gasteiger partial charge on any atom is -0.351 e. The first-order valence-electron chi connectivity index (χ1n) is 10.2. The number of halogens is 4. The van der Waals surface area contributed by atoms with E-state index in [0.29, 0.717) is 30.9 Å². The molecule has 1 amide bonds. The van der Waals surface area contributed by atoms with Gasteiger partial charge in [0.1, 0.15) is 5.69 Å². The van der Waals surface area contributed by atoms with Crippen LogP contribution in [0.3, 0.4) is 0 Å². The van der Waals surface area contributed by atoms with Crippen molar-refractivity contribution in [1.29, 1.82) is 0 Å². The predicted molar refractivity (Wildman–Crippen MR) is 116 cm³/mol. The number of amides is 1. The van der Waals surface area contributed by atoms with Crippen molar-refractivity contribution >= 4 is 17.2 Å². The Morgan fingerprint density at radius 2 is 1.52 bits per heavy atom. The van der Waals surface area contributed by atoms with Gasteiger partial charge >= 0.3 is 12.0 Å². The van der Waals surface area contributed by atoms with Crippen molar-refractivity contribution in [3.05, 3.63) is 76.2 Å². The molecular formula is C23H21F4N3O2S. The molecule has 3 aromatic rings. The molecule has 10 heteroatoms. The Kier molecular flexibility index (Phi) is 6.51. The van der Waals surface area contributed by atoms with Gasteiger partial charge < -0.3 is 10.0 Å². The van der Waals surface area contributed by atoms with Gasteiger partial charge in [0.05, 0.1) is 5.51 Å². The lowest BCUT2D eigenvalue weighted by Crippen LogP contribution is -2.48. The van der Waals surface area contributed by atoms with E-state index in [4.69, 9.17) is 5.11 Å². The zero-order valence-electron chi connectivity index (χ0n) is 17.4. The van der Waals surface area contributed by atoms with Crippen LogP contribution in [-0.2, 0) is 12.4 Å². The molecule has 33 heavy (non-hydrogen) atoms. The van der Waals surface area contributed by atoms with Gasteiger partial charge in [-0.1, -0.05) is 48.5 Å². The normalized spacial score (nSPS) is 17.1. The highest BCUT2D eigenvalue weighted by Gasteiger charge is 2.56. The Hall–Kier alpha value is -2.82. The van der Waals surface area contributed by atoms with Crippen LogP contribution in [0.2, 0.25) is 0 Å². The van der Waals surface area contributed by atoms with Crippen molar-refractivity contribution in [2.75, 3.05) is 26.2 Å². The molecule has 1 aromatic heterocycles. The standard InChI is InChI=1S/C23H21F4N3O2S/c24-22(32,23(25,26)27)19-7-5-18(6-8-19)17-3-1-16(2-4-17)13-29-9-11-30(12-10-29)21(31)20-14-33-15-28-20/h1-8,14-15,32H,9-13H2. The molecule has 1 saturated heterocycles. The molecule has 1 aliphatic rings. The largest absolute Gasteiger partial charge is 0.453 e. The van der Waals surface area contributed by atoms with Crippen molar-refractivity contribution in [2.24, 2.45) is 0 Å². The third-order valence-electron chi connectivity index (χ3n) is 5.65. The van der Waals surface area contributed by atoms with Crippen molar-refractivity contribution in [3.8, 4) is 11.1 Å². The van der Waals surface area contributed by atoms with E-state index in [1.165, 1.54) is 23.5 Å². The zero-order valence-corrected chi connectivity index (χ0v) is 18.2. The molecule has 5 nitrogen and oxygen atoms in total. The van der Waals surface area contributed by atoms with Crippen LogP contribution in [0.25, 0.3) is 11.1 Å². The second-order valence-corrected chi connectivity index (χ2v) is 8.55. The summed E-state index contributed by atoms with van der Waals surface area (Å²) in [4.78, 5) is 20.5. The molecule has 1 aliphatic heterocycles. The van der Waals surface area contributed by atoms with Gasteiger partial charge in [-0.05, 0) is 16.7 Å². The number of benzene rings is 2. The average molecular weight is 479 g/mol. The van der Waals surface area contributed by atoms with Crippen LogP contribution in [0.4, 0.5) is 17.6 Å². The number of carbonyl (C=O) groups excluding carboxylic acids is 1. The summed E-state index contributed by atoms with van der Waals surface area (Å²) >= 11 is 1.39. The molecule has 0 radical (unpaired) electrons. The van der Waals surface area contributed by atoms with Gasteiger partial charge in [-0.25, -0.2) is 4.98 Å². The summed E-state index contributed by atoms with van der Waals surface area (Å²) in [6.45, 7) is 3.44. The van der Waals surface area contributed by atoms with Crippen molar-refractivity contribution in [1.82, 2.24) is 14.8 Å². The lowest BCUT2D eigenvalue weighted by Gasteiger charge is -2.34. The van der Waals surface area contributed by atoms with E-state index in [1.807, 2.05) is 24.3 Å². The number of thiazole rings is 1. The molecule has 2 aromatic carbocycles. The van der Waals surface area contributed by atoms with Gasteiger partial charge in [-0.15, -0.1) is 11.3 Å². The van der Waals surface area contributed by atoms with Gasteiger partial charge in [0.2, 0.25) is 0 Å². The molecule has 0 bridgehead atoms. The lowest BCUT2D eigenvalue weighted by molar-refractivity contribution is -0.323. The number of nitrogens with zero attached hydrogens (tertiary/aromatic N) is 3. The topological polar surface area (TPSA) is 56.7 Å². The molecule has 2 heterocycles. The van der Waals surface area contributed by atoms with Gasteiger partial charge in [0.15, 0.2) is 0 Å². The van der Waals surface area contributed by atoms with Crippen LogP contribution in [0.15, 0.2) is 59.4 Å². The van der Waals surface area contributed by atoms with Crippen LogP contribution in [0.5, 0.6) is 0 Å². The molecule has 1 fully saturated rings. The molecule has 0 spiro atoms. The molecule has 4 rings (SSSR count).